The minimum atomic E-state index is -1.24. The van der Waals surface area contributed by atoms with Crippen molar-refractivity contribution in [3.05, 3.63) is 71.8 Å². The van der Waals surface area contributed by atoms with Gasteiger partial charge in [0.25, 0.3) is 0 Å². The number of Topliss-reactive ketones (excluding diaryl/α,β-unsaturated/α-hetero) is 1. The van der Waals surface area contributed by atoms with E-state index in [0.29, 0.717) is 5.56 Å². The van der Waals surface area contributed by atoms with Crippen LogP contribution in [0.3, 0.4) is 0 Å². The van der Waals surface area contributed by atoms with Gasteiger partial charge in [-0.3, -0.25) is 9.69 Å². The summed E-state index contributed by atoms with van der Waals surface area (Å²) in [6, 6.07) is 16.2. The van der Waals surface area contributed by atoms with E-state index in [1.807, 2.05) is 6.07 Å². The van der Waals surface area contributed by atoms with Gasteiger partial charge >= 0.3 is 6.09 Å². The topological polar surface area (TPSA) is 77.8 Å². The molecule has 0 radical (unpaired) electrons. The normalized spacial score (nSPS) is 11.7. The maximum Gasteiger partial charge on any atom is 0.408 e. The molecule has 5 nitrogen and oxygen atoms in total. The summed E-state index contributed by atoms with van der Waals surface area (Å²) in [4.78, 5) is 24.9. The molecule has 114 valence electrons. The molecule has 22 heavy (non-hydrogen) atoms. The average molecular weight is 299 g/mol. The number of ketones is 1. The number of nitrogens with zero attached hydrogens (tertiary/aromatic N) is 1. The van der Waals surface area contributed by atoms with E-state index in [4.69, 9.17) is 0 Å². The molecule has 2 N–H and O–H groups in total. The van der Waals surface area contributed by atoms with Gasteiger partial charge < -0.3 is 10.2 Å². The molecule has 1 amide bonds. The number of hydrogen-bond acceptors (Lipinski definition) is 3. The zero-order valence-electron chi connectivity index (χ0n) is 11.9. The smallest absolute Gasteiger partial charge is 0.408 e. The number of hydrogen-bond donors (Lipinski definition) is 2. The van der Waals surface area contributed by atoms with Crippen molar-refractivity contribution in [2.24, 2.45) is 0 Å². The summed E-state index contributed by atoms with van der Waals surface area (Å²) < 4.78 is 0. The van der Waals surface area contributed by atoms with Crippen molar-refractivity contribution in [2.45, 2.75) is 12.6 Å². The third-order valence-electron chi connectivity index (χ3n) is 3.35. The quantitative estimate of drug-likeness (QED) is 0.803. The molecular weight excluding hydrogens is 282 g/mol. The van der Waals surface area contributed by atoms with Crippen LogP contribution in [0, 0.1) is 0 Å². The minimum absolute atomic E-state index is 0.0416. The molecule has 2 rings (SSSR count). The number of benzene rings is 2. The number of aliphatic hydroxyl groups is 1. The third kappa shape index (κ3) is 3.71. The standard InChI is InChI=1S/C17H17NO4/c19-12-15(16(20)14-9-5-2-6-10-14)18(17(21)22)11-13-7-3-1-4-8-13/h1-10,15,19H,11-12H2,(H,21,22)/t15-/m0/s1. The molecule has 0 aliphatic rings. The predicted octanol–water partition coefficient (Wildman–Crippen LogP) is 2.41. The molecule has 0 heterocycles. The molecule has 0 spiro atoms. The maximum absolute atomic E-state index is 12.4. The van der Waals surface area contributed by atoms with Crippen LogP contribution in [0.5, 0.6) is 0 Å². The number of carboxylic acid groups (broad SMARTS) is 1. The summed E-state index contributed by atoms with van der Waals surface area (Å²) in [6.07, 6.45) is -1.24. The fourth-order valence-corrected chi connectivity index (χ4v) is 2.21. The van der Waals surface area contributed by atoms with Crippen molar-refractivity contribution in [1.29, 1.82) is 0 Å². The highest BCUT2D eigenvalue weighted by molar-refractivity contribution is 6.01. The minimum Gasteiger partial charge on any atom is -0.465 e. The number of carbonyl (C=O) groups is 2. The molecule has 0 fully saturated rings. The van der Waals surface area contributed by atoms with Crippen LogP contribution in [0.15, 0.2) is 60.7 Å². The largest absolute Gasteiger partial charge is 0.465 e. The molecule has 2 aromatic rings. The fourth-order valence-electron chi connectivity index (χ4n) is 2.21. The Morgan fingerprint density at radius 3 is 2.00 bits per heavy atom. The van der Waals surface area contributed by atoms with E-state index in [1.54, 1.807) is 54.6 Å². The van der Waals surface area contributed by atoms with Gasteiger partial charge in [0.1, 0.15) is 6.04 Å². The molecule has 2 aromatic carbocycles. The lowest BCUT2D eigenvalue weighted by molar-refractivity contribution is 0.0653. The number of carbonyl (C=O) groups excluding carboxylic acids is 1. The van der Waals surface area contributed by atoms with Gasteiger partial charge in [-0.2, -0.15) is 0 Å². The van der Waals surface area contributed by atoms with E-state index in [2.05, 4.69) is 0 Å². The summed E-state index contributed by atoms with van der Waals surface area (Å²) >= 11 is 0. The average Bonchev–Trinajstić information content (AvgIpc) is 2.56. The molecule has 5 heteroatoms. The Hall–Kier alpha value is -2.66. The second-order valence-electron chi connectivity index (χ2n) is 4.82. The summed E-state index contributed by atoms with van der Waals surface area (Å²) in [5.74, 6) is -0.415. The van der Waals surface area contributed by atoms with Crippen LogP contribution >= 0.6 is 0 Å². The van der Waals surface area contributed by atoms with Gasteiger partial charge in [-0.05, 0) is 5.56 Å². The first-order valence-electron chi connectivity index (χ1n) is 6.87. The van der Waals surface area contributed by atoms with E-state index in [-0.39, 0.29) is 6.54 Å². The number of aliphatic hydroxyl groups excluding tert-OH is 1. The van der Waals surface area contributed by atoms with Crippen LogP contribution in [0.2, 0.25) is 0 Å². The highest BCUT2D eigenvalue weighted by Crippen LogP contribution is 2.13. The third-order valence-corrected chi connectivity index (χ3v) is 3.35. The summed E-state index contributed by atoms with van der Waals surface area (Å²) in [5.41, 5.74) is 1.13. The molecule has 0 aliphatic carbocycles. The van der Waals surface area contributed by atoms with Crippen LogP contribution in [0.1, 0.15) is 15.9 Å². The lowest BCUT2D eigenvalue weighted by Gasteiger charge is -2.27. The maximum atomic E-state index is 12.4. The Kier molecular flexibility index (Phi) is 5.27. The molecule has 0 saturated heterocycles. The first-order chi connectivity index (χ1) is 10.6. The monoisotopic (exact) mass is 299 g/mol. The fraction of sp³-hybridized carbons (Fsp3) is 0.176. The van der Waals surface area contributed by atoms with Crippen molar-refractivity contribution in [2.75, 3.05) is 6.61 Å². The molecule has 0 aromatic heterocycles. The highest BCUT2D eigenvalue weighted by atomic mass is 16.4. The van der Waals surface area contributed by atoms with E-state index in [9.17, 15) is 19.8 Å². The summed E-state index contributed by atoms with van der Waals surface area (Å²) in [7, 11) is 0. The van der Waals surface area contributed by atoms with E-state index < -0.39 is 24.5 Å². The van der Waals surface area contributed by atoms with Crippen molar-refractivity contribution in [3.8, 4) is 0 Å². The van der Waals surface area contributed by atoms with Gasteiger partial charge in [0.05, 0.1) is 6.61 Å². The molecule has 0 unspecified atom stereocenters. The lowest BCUT2D eigenvalue weighted by atomic mass is 10.0. The second-order valence-corrected chi connectivity index (χ2v) is 4.82. The van der Waals surface area contributed by atoms with Crippen LogP contribution < -0.4 is 0 Å². The van der Waals surface area contributed by atoms with E-state index in [0.717, 1.165) is 10.5 Å². The Morgan fingerprint density at radius 1 is 0.955 bits per heavy atom. The molecule has 0 saturated carbocycles. The number of rotatable bonds is 6. The van der Waals surface area contributed by atoms with Crippen molar-refractivity contribution in [1.82, 2.24) is 4.90 Å². The van der Waals surface area contributed by atoms with Crippen LogP contribution in [0.4, 0.5) is 4.79 Å². The molecule has 0 aliphatic heterocycles. The lowest BCUT2D eigenvalue weighted by Crippen LogP contribution is -2.46. The van der Waals surface area contributed by atoms with Crippen molar-refractivity contribution in [3.63, 3.8) is 0 Å². The zero-order chi connectivity index (χ0) is 15.9. The second kappa shape index (κ2) is 7.38. The Bertz CT molecular complexity index is 628. The van der Waals surface area contributed by atoms with Gasteiger partial charge in [-0.15, -0.1) is 0 Å². The molecule has 1 atom stereocenters. The summed E-state index contributed by atoms with van der Waals surface area (Å²) in [5, 5.41) is 18.9. The molecule has 0 bridgehead atoms. The van der Waals surface area contributed by atoms with Crippen LogP contribution in [-0.4, -0.2) is 39.6 Å². The van der Waals surface area contributed by atoms with E-state index >= 15 is 0 Å². The number of amides is 1. The zero-order valence-corrected chi connectivity index (χ0v) is 11.9. The predicted molar refractivity (Wildman–Crippen MR) is 81.7 cm³/mol. The SMILES string of the molecule is O=C(c1ccccc1)[C@H](CO)N(Cc1ccccc1)C(=O)O. The first-order valence-corrected chi connectivity index (χ1v) is 6.87. The Morgan fingerprint density at radius 2 is 1.50 bits per heavy atom. The Balaban J connectivity index is 2.25. The van der Waals surface area contributed by atoms with Gasteiger partial charge in [-0.1, -0.05) is 60.7 Å². The van der Waals surface area contributed by atoms with Gasteiger partial charge in [0.15, 0.2) is 5.78 Å². The van der Waals surface area contributed by atoms with Crippen LogP contribution in [0.25, 0.3) is 0 Å². The van der Waals surface area contributed by atoms with Crippen molar-refractivity contribution >= 4 is 11.9 Å². The Labute approximate surface area is 128 Å². The highest BCUT2D eigenvalue weighted by Gasteiger charge is 2.29. The van der Waals surface area contributed by atoms with E-state index in [1.165, 1.54) is 0 Å². The van der Waals surface area contributed by atoms with Crippen LogP contribution in [-0.2, 0) is 6.54 Å². The van der Waals surface area contributed by atoms with Crippen molar-refractivity contribution < 1.29 is 19.8 Å². The first kappa shape index (κ1) is 15.7. The molecular formula is C17H17NO4. The van der Waals surface area contributed by atoms with Gasteiger partial charge in [0.2, 0.25) is 0 Å². The van der Waals surface area contributed by atoms with Gasteiger partial charge in [0, 0.05) is 12.1 Å². The summed E-state index contributed by atoms with van der Waals surface area (Å²) in [6.45, 7) is -0.521. The van der Waals surface area contributed by atoms with Gasteiger partial charge in [-0.25, -0.2) is 4.79 Å².